The molecule has 10 nitrogen and oxygen atoms in total. The number of hydrogen-bond acceptors (Lipinski definition) is 6. The predicted molar refractivity (Wildman–Crippen MR) is 93.8 cm³/mol. The number of hydrogen-bond donors (Lipinski definition) is 3. The van der Waals surface area contributed by atoms with Gasteiger partial charge in [-0.05, 0) is 30.7 Å². The van der Waals surface area contributed by atoms with Crippen molar-refractivity contribution >= 4 is 23.9 Å². The number of aromatic carboxylic acids is 3. The Morgan fingerprint density at radius 3 is 1.86 bits per heavy atom. The summed E-state index contributed by atoms with van der Waals surface area (Å²) in [6, 6.07) is 5.62. The summed E-state index contributed by atoms with van der Waals surface area (Å²) >= 11 is 0. The van der Waals surface area contributed by atoms with E-state index in [2.05, 4.69) is 0 Å². The van der Waals surface area contributed by atoms with E-state index in [-0.39, 0.29) is 12.3 Å². The lowest BCUT2D eigenvalue weighted by Gasteiger charge is -2.12. The highest BCUT2D eigenvalue weighted by molar-refractivity contribution is 6.14. The van der Waals surface area contributed by atoms with Crippen LogP contribution in [0.5, 0.6) is 5.75 Å². The van der Waals surface area contributed by atoms with Gasteiger partial charge in [-0.15, -0.1) is 0 Å². The van der Waals surface area contributed by atoms with Crippen LogP contribution in [0.25, 0.3) is 5.69 Å². The lowest BCUT2D eigenvalue weighted by molar-refractivity contribution is 0.0485. The Morgan fingerprint density at radius 1 is 0.893 bits per heavy atom. The van der Waals surface area contributed by atoms with Gasteiger partial charge in [-0.3, -0.25) is 4.57 Å². The Labute approximate surface area is 158 Å². The molecule has 0 aliphatic heterocycles. The number of benzene rings is 1. The van der Waals surface area contributed by atoms with Crippen LogP contribution in [-0.2, 0) is 4.74 Å². The van der Waals surface area contributed by atoms with Gasteiger partial charge in [0.25, 0.3) is 0 Å². The molecule has 0 amide bonds. The number of carbonyl (C=O) groups is 4. The molecule has 0 radical (unpaired) electrons. The molecule has 0 unspecified atom stereocenters. The summed E-state index contributed by atoms with van der Waals surface area (Å²) in [7, 11) is 1.41. The van der Waals surface area contributed by atoms with E-state index in [4.69, 9.17) is 9.47 Å². The molecule has 0 atom stereocenters. The Kier molecular flexibility index (Phi) is 6.04. The summed E-state index contributed by atoms with van der Waals surface area (Å²) in [4.78, 5) is 47.8. The van der Waals surface area contributed by atoms with Gasteiger partial charge < -0.3 is 24.8 Å². The standard InChI is InChI=1S/C18H17NO9/c1-3-8-28-18(26)14-12(16(22)23)11(15(20)21)13(17(24)25)19(14)9-4-6-10(27-2)7-5-9/h4-7H,3,8H2,1-2H3,(H,20,21)(H,22,23)(H,24,25). The molecule has 0 fully saturated rings. The molecule has 0 spiro atoms. The first-order valence-electron chi connectivity index (χ1n) is 8.04. The number of carboxylic acids is 3. The van der Waals surface area contributed by atoms with Crippen LogP contribution in [0.3, 0.4) is 0 Å². The normalized spacial score (nSPS) is 10.4. The second-order valence-corrected chi connectivity index (χ2v) is 5.53. The second kappa shape index (κ2) is 8.25. The zero-order valence-corrected chi connectivity index (χ0v) is 15.0. The maximum absolute atomic E-state index is 12.5. The summed E-state index contributed by atoms with van der Waals surface area (Å²) < 4.78 is 10.7. The minimum absolute atomic E-state index is 0.0525. The molecular formula is C18H17NO9. The third-order valence-electron chi connectivity index (χ3n) is 3.76. The molecule has 3 N–H and O–H groups in total. The first-order chi connectivity index (χ1) is 13.2. The van der Waals surface area contributed by atoms with Gasteiger partial charge in [-0.2, -0.15) is 0 Å². The molecule has 28 heavy (non-hydrogen) atoms. The number of nitrogens with zero attached hydrogens (tertiary/aromatic N) is 1. The summed E-state index contributed by atoms with van der Waals surface area (Å²) in [6.45, 7) is 1.65. The van der Waals surface area contributed by atoms with E-state index in [0.717, 1.165) is 4.57 Å². The van der Waals surface area contributed by atoms with E-state index < -0.39 is 46.4 Å². The van der Waals surface area contributed by atoms with Gasteiger partial charge in [0.1, 0.15) is 28.3 Å². The molecule has 0 saturated heterocycles. The number of aromatic nitrogens is 1. The minimum Gasteiger partial charge on any atom is -0.497 e. The molecule has 1 aromatic heterocycles. The van der Waals surface area contributed by atoms with Crippen LogP contribution in [-0.4, -0.2) is 57.5 Å². The van der Waals surface area contributed by atoms with Gasteiger partial charge in [-0.1, -0.05) is 6.92 Å². The highest BCUT2D eigenvalue weighted by atomic mass is 16.5. The zero-order valence-electron chi connectivity index (χ0n) is 15.0. The zero-order chi connectivity index (χ0) is 21.0. The molecule has 1 heterocycles. The van der Waals surface area contributed by atoms with Crippen molar-refractivity contribution in [1.29, 1.82) is 0 Å². The number of ether oxygens (including phenoxy) is 2. The maximum Gasteiger partial charge on any atom is 0.356 e. The monoisotopic (exact) mass is 391 g/mol. The van der Waals surface area contributed by atoms with Gasteiger partial charge in [-0.25, -0.2) is 19.2 Å². The average molecular weight is 391 g/mol. The Hall–Kier alpha value is -3.82. The van der Waals surface area contributed by atoms with Crippen molar-refractivity contribution in [2.24, 2.45) is 0 Å². The average Bonchev–Trinajstić information content (AvgIpc) is 3.03. The fraction of sp³-hybridized carbons (Fsp3) is 0.222. The Bertz CT molecular complexity index is 941. The fourth-order valence-corrected chi connectivity index (χ4v) is 2.64. The predicted octanol–water partition coefficient (Wildman–Crippen LogP) is 2.15. The minimum atomic E-state index is -1.80. The van der Waals surface area contributed by atoms with Crippen LogP contribution in [0.4, 0.5) is 0 Å². The van der Waals surface area contributed by atoms with E-state index in [9.17, 15) is 34.5 Å². The van der Waals surface area contributed by atoms with Gasteiger partial charge in [0.05, 0.1) is 13.7 Å². The Balaban J connectivity index is 2.94. The maximum atomic E-state index is 12.5. The topological polar surface area (TPSA) is 152 Å². The summed E-state index contributed by atoms with van der Waals surface area (Å²) in [5, 5.41) is 28.6. The van der Waals surface area contributed by atoms with E-state index in [1.807, 2.05) is 0 Å². The van der Waals surface area contributed by atoms with Crippen molar-refractivity contribution < 1.29 is 44.0 Å². The third-order valence-corrected chi connectivity index (χ3v) is 3.76. The lowest BCUT2D eigenvalue weighted by atomic mass is 10.1. The molecule has 2 aromatic rings. The first kappa shape index (κ1) is 20.5. The molecule has 148 valence electrons. The van der Waals surface area contributed by atoms with Gasteiger partial charge in [0.2, 0.25) is 0 Å². The van der Waals surface area contributed by atoms with E-state index in [1.54, 1.807) is 6.92 Å². The first-order valence-corrected chi connectivity index (χ1v) is 8.04. The highest BCUT2D eigenvalue weighted by Crippen LogP contribution is 2.29. The molecule has 0 aliphatic carbocycles. The molecule has 0 saturated carbocycles. The number of methoxy groups -OCH3 is 1. The Morgan fingerprint density at radius 2 is 1.43 bits per heavy atom. The number of carboxylic acid groups (broad SMARTS) is 3. The molecule has 1 aromatic carbocycles. The van der Waals surface area contributed by atoms with Crippen LogP contribution in [0.1, 0.15) is 55.0 Å². The molecule has 10 heteroatoms. The smallest absolute Gasteiger partial charge is 0.356 e. The van der Waals surface area contributed by atoms with Crippen molar-refractivity contribution in [1.82, 2.24) is 4.57 Å². The second-order valence-electron chi connectivity index (χ2n) is 5.53. The SMILES string of the molecule is CCCOC(=O)c1c(C(=O)O)c(C(=O)O)c(C(=O)O)n1-c1ccc(OC)cc1. The fourth-order valence-electron chi connectivity index (χ4n) is 2.64. The van der Waals surface area contributed by atoms with Gasteiger partial charge >= 0.3 is 23.9 Å². The van der Waals surface area contributed by atoms with E-state index in [1.165, 1.54) is 31.4 Å². The molecule has 0 bridgehead atoms. The van der Waals surface area contributed by atoms with Crippen molar-refractivity contribution in [3.63, 3.8) is 0 Å². The summed E-state index contributed by atoms with van der Waals surface area (Å²) in [6.07, 6.45) is 0.426. The van der Waals surface area contributed by atoms with Crippen LogP contribution >= 0.6 is 0 Å². The van der Waals surface area contributed by atoms with Crippen LogP contribution < -0.4 is 4.74 Å². The number of carbonyl (C=O) groups excluding carboxylic acids is 1. The number of esters is 1. The van der Waals surface area contributed by atoms with Crippen molar-refractivity contribution in [3.8, 4) is 11.4 Å². The number of rotatable bonds is 8. The van der Waals surface area contributed by atoms with Crippen molar-refractivity contribution in [3.05, 3.63) is 46.8 Å². The quantitative estimate of drug-likeness (QED) is 0.574. The van der Waals surface area contributed by atoms with Crippen LogP contribution in [0.2, 0.25) is 0 Å². The summed E-state index contributed by atoms with van der Waals surface area (Å²) in [5.41, 5.74) is -3.49. The molecule has 2 rings (SSSR count). The summed E-state index contributed by atoms with van der Waals surface area (Å²) in [5.74, 6) is -6.02. The lowest BCUT2D eigenvalue weighted by Crippen LogP contribution is -2.17. The largest absolute Gasteiger partial charge is 0.497 e. The molecular weight excluding hydrogens is 374 g/mol. The third kappa shape index (κ3) is 3.65. The molecule has 0 aliphatic rings. The van der Waals surface area contributed by atoms with Gasteiger partial charge in [0, 0.05) is 5.69 Å². The van der Waals surface area contributed by atoms with E-state index >= 15 is 0 Å². The highest BCUT2D eigenvalue weighted by Gasteiger charge is 2.38. The van der Waals surface area contributed by atoms with Crippen LogP contribution in [0.15, 0.2) is 24.3 Å². The van der Waals surface area contributed by atoms with E-state index in [0.29, 0.717) is 12.2 Å². The van der Waals surface area contributed by atoms with Crippen molar-refractivity contribution in [2.45, 2.75) is 13.3 Å². The van der Waals surface area contributed by atoms with Crippen LogP contribution in [0, 0.1) is 0 Å². The van der Waals surface area contributed by atoms with Gasteiger partial charge in [0.15, 0.2) is 0 Å². The van der Waals surface area contributed by atoms with Crippen molar-refractivity contribution in [2.75, 3.05) is 13.7 Å².